The van der Waals surface area contributed by atoms with Crippen LogP contribution < -0.4 is 0 Å². The van der Waals surface area contributed by atoms with Gasteiger partial charge in [-0.15, -0.1) is 0 Å². The summed E-state index contributed by atoms with van der Waals surface area (Å²) in [5.74, 6) is -1.71. The van der Waals surface area contributed by atoms with Crippen LogP contribution in [0.5, 0.6) is 0 Å². The van der Waals surface area contributed by atoms with Crippen LogP contribution in [-0.2, 0) is 9.53 Å². The number of ether oxygens (including phenoxy) is 1. The molecule has 1 fully saturated rings. The first kappa shape index (κ1) is 17.1. The molecule has 0 aromatic rings. The van der Waals surface area contributed by atoms with Gasteiger partial charge in [0.05, 0.1) is 18.1 Å². The van der Waals surface area contributed by atoms with Crippen LogP contribution in [-0.4, -0.2) is 47.5 Å². The molecule has 1 N–H and O–H groups in total. The van der Waals surface area contributed by atoms with Crippen LogP contribution >= 0.6 is 0 Å². The molecule has 6 heteroatoms. The van der Waals surface area contributed by atoms with Crippen molar-refractivity contribution in [2.75, 3.05) is 0 Å². The van der Waals surface area contributed by atoms with Crippen molar-refractivity contribution in [3.8, 4) is 0 Å². The number of rotatable bonds is 4. The molecule has 0 saturated carbocycles. The molecule has 22 heavy (non-hydrogen) atoms. The SMILES string of the molecule is [B]C(=O)N1[C@@H](CC)[C@@H](CC2C=C(C)CC2C(=O)O)OC1(C)C. The first-order valence-corrected chi connectivity index (χ1v) is 7.84. The van der Waals surface area contributed by atoms with Gasteiger partial charge in [0.25, 0.3) is 0 Å². The van der Waals surface area contributed by atoms with Crippen molar-refractivity contribution in [2.45, 2.75) is 64.8 Å². The van der Waals surface area contributed by atoms with E-state index in [0.717, 1.165) is 12.0 Å². The number of carboxylic acid groups (broad SMARTS) is 1. The molecule has 2 radical (unpaired) electrons. The summed E-state index contributed by atoms with van der Waals surface area (Å²) in [6.45, 7) is 7.60. The minimum absolute atomic E-state index is 0.0554. The number of carboxylic acids is 1. The van der Waals surface area contributed by atoms with Gasteiger partial charge >= 0.3 is 5.97 Å². The maximum atomic E-state index is 11.8. The fourth-order valence-electron chi connectivity index (χ4n) is 3.97. The highest BCUT2D eigenvalue weighted by Gasteiger charge is 2.48. The van der Waals surface area contributed by atoms with Gasteiger partial charge in [-0.05, 0) is 46.0 Å². The van der Waals surface area contributed by atoms with Crippen LogP contribution in [0.2, 0.25) is 0 Å². The summed E-state index contributed by atoms with van der Waals surface area (Å²) in [5, 5.41) is 9.38. The van der Waals surface area contributed by atoms with Gasteiger partial charge in [0.2, 0.25) is 7.85 Å². The molecule has 0 aromatic carbocycles. The van der Waals surface area contributed by atoms with E-state index in [9.17, 15) is 14.7 Å². The summed E-state index contributed by atoms with van der Waals surface area (Å²) >= 11 is 0. The van der Waals surface area contributed by atoms with Crippen molar-refractivity contribution in [2.24, 2.45) is 11.8 Å². The van der Waals surface area contributed by atoms with Gasteiger partial charge in [-0.2, -0.15) is 0 Å². The monoisotopic (exact) mass is 305 g/mol. The van der Waals surface area contributed by atoms with Crippen LogP contribution in [0, 0.1) is 11.8 Å². The zero-order chi connectivity index (χ0) is 16.7. The van der Waals surface area contributed by atoms with E-state index in [1.54, 1.807) is 4.90 Å². The van der Waals surface area contributed by atoms with Crippen LogP contribution in [0.25, 0.3) is 0 Å². The van der Waals surface area contributed by atoms with Gasteiger partial charge in [-0.3, -0.25) is 9.59 Å². The van der Waals surface area contributed by atoms with Crippen LogP contribution in [0.15, 0.2) is 11.6 Å². The van der Waals surface area contributed by atoms with Crippen molar-refractivity contribution >= 4 is 19.6 Å². The Morgan fingerprint density at radius 2 is 2.14 bits per heavy atom. The highest BCUT2D eigenvalue weighted by atomic mass is 16.5. The molecule has 0 spiro atoms. The van der Waals surface area contributed by atoms with Gasteiger partial charge < -0.3 is 14.7 Å². The Labute approximate surface area is 133 Å². The summed E-state index contributed by atoms with van der Waals surface area (Å²) in [5.41, 5.74) is 0.349. The Balaban J connectivity index is 2.18. The Morgan fingerprint density at radius 1 is 1.50 bits per heavy atom. The maximum Gasteiger partial charge on any atom is 0.307 e. The van der Waals surface area contributed by atoms with Crippen molar-refractivity contribution < 1.29 is 19.4 Å². The first-order valence-electron chi connectivity index (χ1n) is 7.84. The largest absolute Gasteiger partial charge is 0.481 e. The number of allylic oxidation sites excluding steroid dienone is 2. The van der Waals surface area contributed by atoms with E-state index in [0.29, 0.717) is 12.8 Å². The number of hydrogen-bond acceptors (Lipinski definition) is 3. The van der Waals surface area contributed by atoms with E-state index in [2.05, 4.69) is 0 Å². The smallest absolute Gasteiger partial charge is 0.307 e. The Bertz CT molecular complexity index is 502. The highest BCUT2D eigenvalue weighted by molar-refractivity contribution is 6.57. The molecular formula is C16H24BNO4. The Kier molecular flexibility index (Phi) is 4.71. The molecule has 2 aliphatic rings. The van der Waals surface area contributed by atoms with Gasteiger partial charge in [0, 0.05) is 0 Å². The lowest BCUT2D eigenvalue weighted by atomic mass is 9.87. The van der Waals surface area contributed by atoms with Gasteiger partial charge in [0.15, 0.2) is 5.81 Å². The second kappa shape index (κ2) is 6.07. The molecule has 1 amide bonds. The molecule has 4 atom stereocenters. The van der Waals surface area contributed by atoms with E-state index in [4.69, 9.17) is 12.6 Å². The van der Waals surface area contributed by atoms with Gasteiger partial charge in [0.1, 0.15) is 5.72 Å². The second-order valence-corrected chi connectivity index (χ2v) is 6.85. The van der Waals surface area contributed by atoms with E-state index >= 15 is 0 Å². The predicted molar refractivity (Wildman–Crippen MR) is 83.6 cm³/mol. The molecule has 5 nitrogen and oxygen atoms in total. The molecule has 2 unspecified atom stereocenters. The quantitative estimate of drug-likeness (QED) is 0.640. The standard InChI is InChI=1S/C16H24BNO4/c1-5-12-13(22-16(3,4)18(12)15(17)21)8-10-6-9(2)7-11(10)14(19)20/h6,10-13H,5,7-8H2,1-4H3,(H,19,20)/t10?,11?,12-,13+/m0/s1. The predicted octanol–water partition coefficient (Wildman–Crippen LogP) is 2.55. The van der Waals surface area contributed by atoms with E-state index < -0.39 is 23.4 Å². The lowest BCUT2D eigenvalue weighted by molar-refractivity contribution is -0.143. The third kappa shape index (κ3) is 3.07. The summed E-state index contributed by atoms with van der Waals surface area (Å²) in [6.07, 6.45) is 3.76. The summed E-state index contributed by atoms with van der Waals surface area (Å²) in [4.78, 5) is 24.8. The first-order chi connectivity index (χ1) is 10.2. The number of carbonyl (C=O) groups is 2. The summed E-state index contributed by atoms with van der Waals surface area (Å²) in [7, 11) is 5.51. The van der Waals surface area contributed by atoms with Gasteiger partial charge in [-0.25, -0.2) is 0 Å². The Morgan fingerprint density at radius 3 is 2.64 bits per heavy atom. The van der Waals surface area contributed by atoms with E-state index in [1.807, 2.05) is 33.8 Å². The van der Waals surface area contributed by atoms with Crippen LogP contribution in [0.1, 0.15) is 47.0 Å². The van der Waals surface area contributed by atoms with Crippen molar-refractivity contribution in [1.29, 1.82) is 0 Å². The fraction of sp³-hybridized carbons (Fsp3) is 0.750. The van der Waals surface area contributed by atoms with Crippen LogP contribution in [0.4, 0.5) is 4.79 Å². The fourth-order valence-corrected chi connectivity index (χ4v) is 3.97. The normalized spacial score (nSPS) is 33.8. The number of aliphatic carboxylic acids is 1. The number of hydrogen-bond donors (Lipinski definition) is 1. The van der Waals surface area contributed by atoms with E-state index in [-0.39, 0.29) is 18.1 Å². The summed E-state index contributed by atoms with van der Waals surface area (Å²) in [6, 6.07) is -0.115. The van der Waals surface area contributed by atoms with Crippen molar-refractivity contribution in [1.82, 2.24) is 4.90 Å². The molecule has 1 aliphatic carbocycles. The molecular weight excluding hydrogens is 281 g/mol. The van der Waals surface area contributed by atoms with E-state index in [1.165, 1.54) is 0 Å². The lowest BCUT2D eigenvalue weighted by Crippen LogP contribution is -2.47. The second-order valence-electron chi connectivity index (χ2n) is 6.85. The number of nitrogens with zero attached hydrogens (tertiary/aromatic N) is 1. The van der Waals surface area contributed by atoms with Crippen molar-refractivity contribution in [3.63, 3.8) is 0 Å². The molecule has 2 rings (SSSR count). The third-order valence-corrected chi connectivity index (χ3v) is 4.82. The van der Waals surface area contributed by atoms with Crippen LogP contribution in [0.3, 0.4) is 0 Å². The molecule has 1 aliphatic heterocycles. The Hall–Kier alpha value is -1.30. The molecule has 0 aromatic heterocycles. The van der Waals surface area contributed by atoms with Gasteiger partial charge in [-0.1, -0.05) is 18.6 Å². The molecule has 1 heterocycles. The molecule has 0 bridgehead atoms. The maximum absolute atomic E-state index is 11.8. The lowest BCUT2D eigenvalue weighted by Gasteiger charge is -2.33. The average molecular weight is 305 g/mol. The number of amides is 1. The zero-order valence-electron chi connectivity index (χ0n) is 13.7. The average Bonchev–Trinajstić information content (AvgIpc) is 2.86. The highest BCUT2D eigenvalue weighted by Crippen LogP contribution is 2.41. The third-order valence-electron chi connectivity index (χ3n) is 4.82. The minimum Gasteiger partial charge on any atom is -0.481 e. The number of carbonyl (C=O) groups excluding carboxylic acids is 1. The minimum atomic E-state index is -0.768. The molecule has 120 valence electrons. The molecule has 1 saturated heterocycles. The summed E-state index contributed by atoms with van der Waals surface area (Å²) < 4.78 is 6.05. The topological polar surface area (TPSA) is 66.8 Å². The zero-order valence-corrected chi connectivity index (χ0v) is 13.7. The van der Waals surface area contributed by atoms with Crippen molar-refractivity contribution in [3.05, 3.63) is 11.6 Å².